The van der Waals surface area contributed by atoms with Gasteiger partial charge in [-0.25, -0.2) is 4.98 Å². The van der Waals surface area contributed by atoms with Crippen molar-refractivity contribution in [2.24, 2.45) is 0 Å². The summed E-state index contributed by atoms with van der Waals surface area (Å²) in [6.07, 6.45) is 6.11. The lowest BCUT2D eigenvalue weighted by Gasteiger charge is -2.16. The van der Waals surface area contributed by atoms with Crippen LogP contribution in [0, 0.1) is 0 Å². The SMILES string of the molecule is C[C@H](O)c1nccn1[C@@H](/C=C/c1ccc(-c2ccc(OCCC(O)CO)cc2)cc1)CO. The zero-order valence-electron chi connectivity index (χ0n) is 18.1. The van der Waals surface area contributed by atoms with Crippen LogP contribution in [0.2, 0.25) is 0 Å². The van der Waals surface area contributed by atoms with Crippen LogP contribution in [0.15, 0.2) is 67.0 Å². The summed E-state index contributed by atoms with van der Waals surface area (Å²) < 4.78 is 7.35. The predicted molar refractivity (Wildman–Crippen MR) is 123 cm³/mol. The Morgan fingerprint density at radius 3 is 2.22 bits per heavy atom. The number of ether oxygens (including phenoxy) is 1. The van der Waals surface area contributed by atoms with E-state index in [1.54, 1.807) is 23.9 Å². The van der Waals surface area contributed by atoms with E-state index in [9.17, 15) is 15.3 Å². The quantitative estimate of drug-likeness (QED) is 0.367. The molecule has 1 aromatic heterocycles. The zero-order valence-corrected chi connectivity index (χ0v) is 18.1. The fraction of sp³-hybridized carbons (Fsp3) is 0.320. The van der Waals surface area contributed by atoms with Crippen molar-refractivity contribution in [3.8, 4) is 16.9 Å². The molecule has 0 aliphatic heterocycles. The summed E-state index contributed by atoms with van der Waals surface area (Å²) in [6, 6.07) is 15.5. The van der Waals surface area contributed by atoms with Crippen molar-refractivity contribution in [1.82, 2.24) is 9.55 Å². The highest BCUT2D eigenvalue weighted by molar-refractivity contribution is 5.66. The van der Waals surface area contributed by atoms with Gasteiger partial charge >= 0.3 is 0 Å². The molecule has 32 heavy (non-hydrogen) atoms. The van der Waals surface area contributed by atoms with Crippen molar-refractivity contribution in [2.75, 3.05) is 19.8 Å². The number of hydrogen-bond acceptors (Lipinski definition) is 6. The third-order valence-corrected chi connectivity index (χ3v) is 5.16. The van der Waals surface area contributed by atoms with E-state index in [0.717, 1.165) is 16.7 Å². The Morgan fingerprint density at radius 1 is 0.969 bits per heavy atom. The normalized spacial score (nSPS) is 14.4. The van der Waals surface area contributed by atoms with Gasteiger partial charge in [0.2, 0.25) is 0 Å². The third-order valence-electron chi connectivity index (χ3n) is 5.16. The molecule has 4 N–H and O–H groups in total. The largest absolute Gasteiger partial charge is 0.493 e. The lowest BCUT2D eigenvalue weighted by atomic mass is 10.0. The Balaban J connectivity index is 1.62. The van der Waals surface area contributed by atoms with Crippen LogP contribution >= 0.6 is 0 Å². The fourth-order valence-electron chi connectivity index (χ4n) is 3.33. The lowest BCUT2D eigenvalue weighted by Crippen LogP contribution is -2.15. The molecule has 0 aliphatic rings. The average Bonchev–Trinajstić information content (AvgIpc) is 3.30. The molecule has 170 valence electrons. The van der Waals surface area contributed by atoms with Gasteiger partial charge < -0.3 is 29.7 Å². The van der Waals surface area contributed by atoms with Gasteiger partial charge in [0.1, 0.15) is 17.7 Å². The summed E-state index contributed by atoms with van der Waals surface area (Å²) in [4.78, 5) is 4.16. The average molecular weight is 439 g/mol. The van der Waals surface area contributed by atoms with E-state index in [2.05, 4.69) is 4.98 Å². The smallest absolute Gasteiger partial charge is 0.137 e. The molecule has 2 aromatic carbocycles. The van der Waals surface area contributed by atoms with Gasteiger partial charge in [-0.2, -0.15) is 0 Å². The molecule has 0 aliphatic carbocycles. The van der Waals surface area contributed by atoms with E-state index in [0.29, 0.717) is 24.6 Å². The summed E-state index contributed by atoms with van der Waals surface area (Å²) in [7, 11) is 0. The minimum Gasteiger partial charge on any atom is -0.493 e. The van der Waals surface area contributed by atoms with Gasteiger partial charge in [0.05, 0.1) is 32.0 Å². The Kier molecular flexibility index (Phi) is 8.58. The zero-order chi connectivity index (χ0) is 22.9. The number of imidazole rings is 1. The number of rotatable bonds is 11. The van der Waals surface area contributed by atoms with E-state index in [1.165, 1.54) is 0 Å². The van der Waals surface area contributed by atoms with Gasteiger partial charge in [-0.3, -0.25) is 0 Å². The Bertz CT molecular complexity index is 980. The van der Waals surface area contributed by atoms with Crippen LogP contribution in [0.4, 0.5) is 0 Å². The maximum Gasteiger partial charge on any atom is 0.137 e. The van der Waals surface area contributed by atoms with Gasteiger partial charge in [-0.15, -0.1) is 0 Å². The summed E-state index contributed by atoms with van der Waals surface area (Å²) in [6.45, 7) is 1.63. The van der Waals surface area contributed by atoms with E-state index < -0.39 is 12.2 Å². The Hall–Kier alpha value is -2.97. The van der Waals surface area contributed by atoms with Crippen molar-refractivity contribution in [2.45, 2.75) is 31.6 Å². The maximum atomic E-state index is 9.84. The van der Waals surface area contributed by atoms with Crippen LogP contribution in [0.3, 0.4) is 0 Å². The minimum absolute atomic E-state index is 0.0992. The number of aliphatic hydroxyl groups is 4. The molecule has 1 unspecified atom stereocenters. The third kappa shape index (κ3) is 6.27. The highest BCUT2D eigenvalue weighted by Crippen LogP contribution is 2.24. The van der Waals surface area contributed by atoms with Crippen molar-refractivity contribution in [3.63, 3.8) is 0 Å². The molecular formula is C25H30N2O5. The highest BCUT2D eigenvalue weighted by Gasteiger charge is 2.14. The molecule has 7 heteroatoms. The van der Waals surface area contributed by atoms with Crippen molar-refractivity contribution in [1.29, 1.82) is 0 Å². The molecule has 3 aromatic rings. The molecule has 0 spiro atoms. The second-order valence-electron chi connectivity index (χ2n) is 7.60. The number of hydrogen-bond donors (Lipinski definition) is 4. The molecule has 0 bridgehead atoms. The first-order chi connectivity index (χ1) is 15.5. The summed E-state index contributed by atoms with van der Waals surface area (Å²) in [5, 5.41) is 37.8. The van der Waals surface area contributed by atoms with Crippen LogP contribution in [0.25, 0.3) is 17.2 Å². The van der Waals surface area contributed by atoms with Crippen LogP contribution in [-0.2, 0) is 0 Å². The van der Waals surface area contributed by atoms with Crippen LogP contribution in [-0.4, -0.2) is 55.9 Å². The first kappa shape index (κ1) is 23.7. The highest BCUT2D eigenvalue weighted by atomic mass is 16.5. The Morgan fingerprint density at radius 2 is 1.62 bits per heavy atom. The number of aromatic nitrogens is 2. The second-order valence-corrected chi connectivity index (χ2v) is 7.60. The van der Waals surface area contributed by atoms with Gasteiger partial charge in [0.25, 0.3) is 0 Å². The monoisotopic (exact) mass is 438 g/mol. The lowest BCUT2D eigenvalue weighted by molar-refractivity contribution is 0.0754. The van der Waals surface area contributed by atoms with Crippen LogP contribution in [0.1, 0.15) is 36.9 Å². The standard InChI is InChI=1S/C25H30N2O5/c1-18(30)25-26-13-14-27(25)22(16-28)9-4-19-2-5-20(6-3-19)21-7-10-24(11-8-21)32-15-12-23(31)17-29/h2-11,13-14,18,22-23,28-31H,12,15-17H2,1H3/b9-4+/t18-,22-,23?/m0/s1. The van der Waals surface area contributed by atoms with Gasteiger partial charge in [0.15, 0.2) is 0 Å². The van der Waals surface area contributed by atoms with Crippen LogP contribution in [0.5, 0.6) is 5.75 Å². The summed E-state index contributed by atoms with van der Waals surface area (Å²) in [5.41, 5.74) is 3.11. The number of benzene rings is 2. The number of aliphatic hydroxyl groups excluding tert-OH is 4. The van der Waals surface area contributed by atoms with E-state index >= 15 is 0 Å². The van der Waals surface area contributed by atoms with Crippen molar-refractivity contribution in [3.05, 3.63) is 78.4 Å². The van der Waals surface area contributed by atoms with E-state index in [-0.39, 0.29) is 19.3 Å². The minimum atomic E-state index is -0.755. The van der Waals surface area contributed by atoms with Crippen LogP contribution < -0.4 is 4.74 Å². The summed E-state index contributed by atoms with van der Waals surface area (Å²) in [5.74, 6) is 1.23. The van der Waals surface area contributed by atoms with Gasteiger partial charge in [-0.05, 0) is 35.7 Å². The van der Waals surface area contributed by atoms with E-state index in [4.69, 9.17) is 9.84 Å². The molecule has 0 radical (unpaired) electrons. The van der Waals surface area contributed by atoms with Gasteiger partial charge in [-0.1, -0.05) is 48.6 Å². The predicted octanol–water partition coefficient (Wildman–Crippen LogP) is 2.97. The number of nitrogens with zero attached hydrogens (tertiary/aromatic N) is 2. The molecule has 0 saturated carbocycles. The molecular weight excluding hydrogens is 408 g/mol. The first-order valence-electron chi connectivity index (χ1n) is 10.6. The van der Waals surface area contributed by atoms with Crippen molar-refractivity contribution >= 4 is 6.08 Å². The maximum absolute atomic E-state index is 9.84. The fourth-order valence-corrected chi connectivity index (χ4v) is 3.33. The van der Waals surface area contributed by atoms with Crippen molar-refractivity contribution < 1.29 is 25.2 Å². The van der Waals surface area contributed by atoms with Gasteiger partial charge in [0, 0.05) is 18.8 Å². The second kappa shape index (κ2) is 11.6. The van der Waals surface area contributed by atoms with E-state index in [1.807, 2.05) is 60.7 Å². The summed E-state index contributed by atoms with van der Waals surface area (Å²) >= 11 is 0. The molecule has 3 atom stereocenters. The molecule has 0 saturated heterocycles. The molecule has 0 fully saturated rings. The topological polar surface area (TPSA) is 108 Å². The molecule has 3 rings (SSSR count). The molecule has 7 nitrogen and oxygen atoms in total. The first-order valence-corrected chi connectivity index (χ1v) is 10.6. The molecule has 0 amide bonds. The Labute approximate surface area is 187 Å². The molecule has 1 heterocycles.